The standard InChI is InChI=1S/C22H30N2O3/c1-17-7-5-10-20(13-17)26-12-11-23-21(25)24-15-18-8-6-9-19(14-18)16-27-22(2,3)4/h5-10,13-14H,11-12,15-16H2,1-4H3,(H2,23,24,25). The molecule has 0 fully saturated rings. The predicted octanol–water partition coefficient (Wildman–Crippen LogP) is 4.19. The Balaban J connectivity index is 1.67. The van der Waals surface area contributed by atoms with Gasteiger partial charge in [0.1, 0.15) is 12.4 Å². The third kappa shape index (κ3) is 8.60. The van der Waals surface area contributed by atoms with Crippen LogP contribution in [0.25, 0.3) is 0 Å². The Bertz CT molecular complexity index is 738. The van der Waals surface area contributed by atoms with E-state index in [1.165, 1.54) is 0 Å². The molecule has 0 bridgehead atoms. The van der Waals surface area contributed by atoms with E-state index < -0.39 is 0 Å². The highest BCUT2D eigenvalue weighted by Crippen LogP contribution is 2.13. The number of urea groups is 1. The first-order valence-electron chi connectivity index (χ1n) is 9.25. The number of benzene rings is 2. The second-order valence-corrected chi connectivity index (χ2v) is 7.50. The molecule has 5 nitrogen and oxygen atoms in total. The number of hydrogen-bond donors (Lipinski definition) is 2. The van der Waals surface area contributed by atoms with Crippen LogP contribution in [-0.4, -0.2) is 24.8 Å². The van der Waals surface area contributed by atoms with Crippen molar-refractivity contribution in [1.29, 1.82) is 0 Å². The molecule has 0 aliphatic carbocycles. The van der Waals surface area contributed by atoms with Crippen molar-refractivity contribution in [3.63, 3.8) is 0 Å². The van der Waals surface area contributed by atoms with E-state index in [0.29, 0.717) is 26.3 Å². The van der Waals surface area contributed by atoms with Crippen molar-refractivity contribution in [3.05, 3.63) is 65.2 Å². The molecule has 0 aliphatic rings. The van der Waals surface area contributed by atoms with Gasteiger partial charge in [-0.05, 0) is 56.5 Å². The highest BCUT2D eigenvalue weighted by Gasteiger charge is 2.10. The van der Waals surface area contributed by atoms with Gasteiger partial charge < -0.3 is 20.1 Å². The zero-order valence-electron chi connectivity index (χ0n) is 16.7. The first-order valence-corrected chi connectivity index (χ1v) is 9.25. The average Bonchev–Trinajstić information content (AvgIpc) is 2.62. The van der Waals surface area contributed by atoms with Crippen molar-refractivity contribution in [1.82, 2.24) is 10.6 Å². The van der Waals surface area contributed by atoms with Gasteiger partial charge in [-0.2, -0.15) is 0 Å². The molecule has 0 aromatic heterocycles. The Morgan fingerprint density at radius 1 is 1.00 bits per heavy atom. The third-order valence-corrected chi connectivity index (χ3v) is 3.76. The first kappa shape index (κ1) is 20.8. The number of hydrogen-bond acceptors (Lipinski definition) is 3. The van der Waals surface area contributed by atoms with Crippen LogP contribution in [0.3, 0.4) is 0 Å². The zero-order chi connectivity index (χ0) is 19.7. The largest absolute Gasteiger partial charge is 0.492 e. The molecular weight excluding hydrogens is 340 g/mol. The molecule has 5 heteroatoms. The molecule has 0 radical (unpaired) electrons. The second-order valence-electron chi connectivity index (χ2n) is 7.50. The minimum absolute atomic E-state index is 0.172. The van der Waals surface area contributed by atoms with Crippen molar-refractivity contribution in [2.24, 2.45) is 0 Å². The normalized spacial score (nSPS) is 11.1. The molecule has 2 rings (SSSR count). The highest BCUT2D eigenvalue weighted by molar-refractivity contribution is 5.73. The maximum Gasteiger partial charge on any atom is 0.315 e. The fraction of sp³-hybridized carbons (Fsp3) is 0.409. The van der Waals surface area contributed by atoms with E-state index in [0.717, 1.165) is 22.4 Å². The Kier molecular flexibility index (Phi) is 7.67. The van der Waals surface area contributed by atoms with Crippen LogP contribution in [0.5, 0.6) is 5.75 Å². The van der Waals surface area contributed by atoms with Crippen molar-refractivity contribution >= 4 is 6.03 Å². The van der Waals surface area contributed by atoms with Crippen molar-refractivity contribution in [3.8, 4) is 5.75 Å². The van der Waals surface area contributed by atoms with Crippen LogP contribution in [0.1, 0.15) is 37.5 Å². The maximum absolute atomic E-state index is 11.9. The molecule has 0 saturated carbocycles. The number of carbonyl (C=O) groups excluding carboxylic acids is 1. The van der Waals surface area contributed by atoms with E-state index in [2.05, 4.69) is 10.6 Å². The van der Waals surface area contributed by atoms with E-state index in [1.807, 2.05) is 76.2 Å². The molecule has 27 heavy (non-hydrogen) atoms. The Morgan fingerprint density at radius 3 is 2.48 bits per heavy atom. The van der Waals surface area contributed by atoms with Crippen LogP contribution in [0.2, 0.25) is 0 Å². The predicted molar refractivity (Wildman–Crippen MR) is 108 cm³/mol. The summed E-state index contributed by atoms with van der Waals surface area (Å²) in [5.41, 5.74) is 3.11. The molecule has 146 valence electrons. The molecule has 0 aliphatic heterocycles. The molecule has 2 amide bonds. The van der Waals surface area contributed by atoms with Gasteiger partial charge in [0.15, 0.2) is 0 Å². The van der Waals surface area contributed by atoms with Gasteiger partial charge in [0.25, 0.3) is 0 Å². The molecular formula is C22H30N2O3. The number of aryl methyl sites for hydroxylation is 1. The number of nitrogens with one attached hydrogen (secondary N) is 2. The molecule has 0 spiro atoms. The quantitative estimate of drug-likeness (QED) is 0.685. The summed E-state index contributed by atoms with van der Waals surface area (Å²) in [6.45, 7) is 10.0. The topological polar surface area (TPSA) is 59.6 Å². The van der Waals surface area contributed by atoms with Gasteiger partial charge in [-0.15, -0.1) is 0 Å². The van der Waals surface area contributed by atoms with Crippen LogP contribution in [0.4, 0.5) is 4.79 Å². The summed E-state index contributed by atoms with van der Waals surface area (Å²) in [6, 6.07) is 15.7. The van der Waals surface area contributed by atoms with Gasteiger partial charge in [0.05, 0.1) is 18.8 Å². The summed E-state index contributed by atoms with van der Waals surface area (Å²) in [4.78, 5) is 11.9. The molecule has 0 heterocycles. The Morgan fingerprint density at radius 2 is 1.74 bits per heavy atom. The monoisotopic (exact) mass is 370 g/mol. The van der Waals surface area contributed by atoms with Gasteiger partial charge >= 0.3 is 6.03 Å². The van der Waals surface area contributed by atoms with Gasteiger partial charge in [-0.25, -0.2) is 4.79 Å². The molecule has 0 saturated heterocycles. The number of rotatable bonds is 8. The number of carbonyl (C=O) groups is 1. The summed E-state index contributed by atoms with van der Waals surface area (Å²) in [5.74, 6) is 0.812. The molecule has 2 aromatic carbocycles. The van der Waals surface area contributed by atoms with Gasteiger partial charge in [-0.1, -0.05) is 36.4 Å². The minimum atomic E-state index is -0.209. The van der Waals surface area contributed by atoms with Crippen LogP contribution in [0.15, 0.2) is 48.5 Å². The van der Waals surface area contributed by atoms with Gasteiger partial charge in [0.2, 0.25) is 0 Å². The highest BCUT2D eigenvalue weighted by atomic mass is 16.5. The zero-order valence-corrected chi connectivity index (χ0v) is 16.7. The smallest absolute Gasteiger partial charge is 0.315 e. The minimum Gasteiger partial charge on any atom is -0.492 e. The van der Waals surface area contributed by atoms with E-state index >= 15 is 0 Å². The number of ether oxygens (including phenoxy) is 2. The van der Waals surface area contributed by atoms with Crippen molar-refractivity contribution in [2.45, 2.75) is 46.4 Å². The van der Waals surface area contributed by atoms with Crippen LogP contribution < -0.4 is 15.4 Å². The maximum atomic E-state index is 11.9. The fourth-order valence-electron chi connectivity index (χ4n) is 2.41. The lowest BCUT2D eigenvalue weighted by Crippen LogP contribution is -2.37. The molecule has 2 N–H and O–H groups in total. The second kappa shape index (κ2) is 9.97. The fourth-order valence-corrected chi connectivity index (χ4v) is 2.41. The third-order valence-electron chi connectivity index (χ3n) is 3.76. The van der Waals surface area contributed by atoms with E-state index in [9.17, 15) is 4.79 Å². The average molecular weight is 370 g/mol. The molecule has 0 unspecified atom stereocenters. The van der Waals surface area contributed by atoms with Crippen molar-refractivity contribution < 1.29 is 14.3 Å². The molecule has 0 atom stereocenters. The lowest BCUT2D eigenvalue weighted by molar-refractivity contribution is -0.0149. The van der Waals surface area contributed by atoms with Crippen LogP contribution in [0, 0.1) is 6.92 Å². The summed E-state index contributed by atoms with van der Waals surface area (Å²) in [6.07, 6.45) is 0. The SMILES string of the molecule is Cc1cccc(OCCNC(=O)NCc2cccc(COC(C)(C)C)c2)c1. The van der Waals surface area contributed by atoms with Gasteiger partial charge in [0, 0.05) is 6.54 Å². The Labute approximate surface area is 162 Å². The van der Waals surface area contributed by atoms with E-state index in [1.54, 1.807) is 0 Å². The van der Waals surface area contributed by atoms with Gasteiger partial charge in [-0.3, -0.25) is 0 Å². The molecule has 2 aromatic rings. The summed E-state index contributed by atoms with van der Waals surface area (Å²) in [7, 11) is 0. The Hall–Kier alpha value is -2.53. The summed E-state index contributed by atoms with van der Waals surface area (Å²) >= 11 is 0. The van der Waals surface area contributed by atoms with E-state index in [-0.39, 0.29) is 11.6 Å². The number of amides is 2. The van der Waals surface area contributed by atoms with Crippen LogP contribution in [-0.2, 0) is 17.9 Å². The van der Waals surface area contributed by atoms with Crippen LogP contribution >= 0.6 is 0 Å². The lowest BCUT2D eigenvalue weighted by Gasteiger charge is -2.19. The first-order chi connectivity index (χ1) is 12.8. The summed E-state index contributed by atoms with van der Waals surface area (Å²) < 4.78 is 11.4. The summed E-state index contributed by atoms with van der Waals surface area (Å²) in [5, 5.41) is 5.66. The lowest BCUT2D eigenvalue weighted by atomic mass is 10.1. The van der Waals surface area contributed by atoms with Crippen molar-refractivity contribution in [2.75, 3.05) is 13.2 Å². The van der Waals surface area contributed by atoms with E-state index in [4.69, 9.17) is 9.47 Å².